The largest absolute Gasteiger partial charge is 0.327 e. The summed E-state index contributed by atoms with van der Waals surface area (Å²) in [5, 5.41) is 1.20. The van der Waals surface area contributed by atoms with Gasteiger partial charge in [-0.05, 0) is 32.6 Å². The van der Waals surface area contributed by atoms with Crippen LogP contribution in [-0.2, 0) is 6.42 Å². The Kier molecular flexibility index (Phi) is 4.74. The van der Waals surface area contributed by atoms with E-state index in [1.807, 2.05) is 0 Å². The molecule has 0 aliphatic heterocycles. The van der Waals surface area contributed by atoms with Crippen LogP contribution in [0.2, 0.25) is 0 Å². The van der Waals surface area contributed by atoms with E-state index in [1.54, 1.807) is 11.3 Å². The summed E-state index contributed by atoms with van der Waals surface area (Å²) in [4.78, 5) is 5.84. The van der Waals surface area contributed by atoms with Gasteiger partial charge in [0, 0.05) is 17.3 Å². The van der Waals surface area contributed by atoms with Crippen molar-refractivity contribution in [2.45, 2.75) is 53.0 Å². The topological polar surface area (TPSA) is 38.9 Å². The Morgan fingerprint density at radius 1 is 1.27 bits per heavy atom. The first-order valence-electron chi connectivity index (χ1n) is 5.67. The van der Waals surface area contributed by atoms with Crippen molar-refractivity contribution in [3.63, 3.8) is 0 Å². The molecule has 1 heterocycles. The zero-order valence-electron chi connectivity index (χ0n) is 10.2. The normalized spacial score (nSPS) is 13.5. The molecule has 1 aromatic heterocycles. The molecule has 0 bridgehead atoms. The van der Waals surface area contributed by atoms with Crippen LogP contribution in [0.25, 0.3) is 0 Å². The van der Waals surface area contributed by atoms with Gasteiger partial charge in [0.05, 0.1) is 10.7 Å². The molecule has 3 heteroatoms. The van der Waals surface area contributed by atoms with E-state index in [1.165, 1.54) is 16.3 Å². The van der Waals surface area contributed by atoms with Crippen molar-refractivity contribution in [1.82, 2.24) is 4.98 Å². The number of hydrogen-bond acceptors (Lipinski definition) is 3. The van der Waals surface area contributed by atoms with E-state index in [0.717, 1.165) is 24.5 Å². The lowest BCUT2D eigenvalue weighted by Gasteiger charge is -2.11. The minimum absolute atomic E-state index is 0.275. The molecule has 0 radical (unpaired) electrons. The van der Waals surface area contributed by atoms with Crippen LogP contribution in [-0.4, -0.2) is 11.0 Å². The summed E-state index contributed by atoms with van der Waals surface area (Å²) in [6.45, 7) is 8.67. The molecule has 1 rings (SSSR count). The molecule has 0 aromatic carbocycles. The average molecular weight is 226 g/mol. The van der Waals surface area contributed by atoms with Crippen LogP contribution in [0, 0.1) is 19.8 Å². The van der Waals surface area contributed by atoms with Crippen LogP contribution in [0.1, 0.15) is 42.3 Å². The van der Waals surface area contributed by atoms with Gasteiger partial charge >= 0.3 is 0 Å². The maximum Gasteiger partial charge on any atom is 0.0946 e. The van der Waals surface area contributed by atoms with E-state index in [9.17, 15) is 0 Å². The Labute approximate surface area is 96.9 Å². The smallest absolute Gasteiger partial charge is 0.0946 e. The van der Waals surface area contributed by atoms with Gasteiger partial charge in [-0.15, -0.1) is 11.3 Å². The van der Waals surface area contributed by atoms with Crippen LogP contribution < -0.4 is 5.73 Å². The first-order valence-corrected chi connectivity index (χ1v) is 6.49. The lowest BCUT2D eigenvalue weighted by atomic mass is 10.0. The quantitative estimate of drug-likeness (QED) is 0.838. The summed E-state index contributed by atoms with van der Waals surface area (Å²) < 4.78 is 0. The van der Waals surface area contributed by atoms with Crippen LogP contribution >= 0.6 is 11.3 Å². The third kappa shape index (κ3) is 4.31. The van der Waals surface area contributed by atoms with Crippen molar-refractivity contribution in [3.05, 3.63) is 15.6 Å². The third-order valence-electron chi connectivity index (χ3n) is 2.62. The Bertz CT molecular complexity index is 285. The number of nitrogens with two attached hydrogens (primary N) is 1. The van der Waals surface area contributed by atoms with Gasteiger partial charge in [0.2, 0.25) is 0 Å². The van der Waals surface area contributed by atoms with Gasteiger partial charge in [-0.25, -0.2) is 4.98 Å². The van der Waals surface area contributed by atoms with Crippen LogP contribution in [0.3, 0.4) is 0 Å². The summed E-state index contributed by atoms with van der Waals surface area (Å²) >= 11 is 1.79. The molecule has 0 aliphatic carbocycles. The molecule has 1 atom stereocenters. The summed E-state index contributed by atoms with van der Waals surface area (Å²) in [6.07, 6.45) is 3.26. The van der Waals surface area contributed by atoms with Gasteiger partial charge in [0.1, 0.15) is 0 Å². The number of nitrogens with zero attached hydrogens (tertiary/aromatic N) is 1. The minimum Gasteiger partial charge on any atom is -0.327 e. The molecule has 1 aromatic rings. The molecule has 0 saturated carbocycles. The average Bonchev–Trinajstić information content (AvgIpc) is 2.42. The molecular weight excluding hydrogens is 204 g/mol. The molecule has 0 fully saturated rings. The number of thiazole rings is 1. The molecular formula is C12H22N2S. The van der Waals surface area contributed by atoms with Crippen molar-refractivity contribution >= 4 is 11.3 Å². The molecule has 15 heavy (non-hydrogen) atoms. The summed E-state index contributed by atoms with van der Waals surface area (Å²) in [5.41, 5.74) is 7.24. The van der Waals surface area contributed by atoms with E-state index >= 15 is 0 Å². The lowest BCUT2D eigenvalue weighted by molar-refractivity contribution is 0.494. The molecule has 0 aliphatic rings. The van der Waals surface area contributed by atoms with Gasteiger partial charge in [0.15, 0.2) is 0 Å². The number of aromatic nitrogens is 1. The fraction of sp³-hybridized carbons (Fsp3) is 0.750. The second kappa shape index (κ2) is 5.61. The lowest BCUT2D eigenvalue weighted by Crippen LogP contribution is -2.23. The van der Waals surface area contributed by atoms with E-state index in [2.05, 4.69) is 32.7 Å². The first kappa shape index (κ1) is 12.7. The highest BCUT2D eigenvalue weighted by Gasteiger charge is 2.09. The predicted octanol–water partition coefficient (Wildman–Crippen LogP) is 3.07. The second-order valence-electron chi connectivity index (χ2n) is 4.68. The highest BCUT2D eigenvalue weighted by atomic mass is 32.1. The monoisotopic (exact) mass is 226 g/mol. The van der Waals surface area contributed by atoms with Crippen molar-refractivity contribution in [2.24, 2.45) is 11.7 Å². The maximum atomic E-state index is 6.08. The summed E-state index contributed by atoms with van der Waals surface area (Å²) in [6, 6.07) is 0.275. The van der Waals surface area contributed by atoms with Crippen molar-refractivity contribution in [2.75, 3.05) is 0 Å². The number of rotatable bonds is 5. The molecule has 2 nitrogen and oxygen atoms in total. The van der Waals surface area contributed by atoms with E-state index in [-0.39, 0.29) is 6.04 Å². The predicted molar refractivity (Wildman–Crippen MR) is 67.3 cm³/mol. The third-order valence-corrected chi connectivity index (χ3v) is 3.72. The van der Waals surface area contributed by atoms with E-state index in [0.29, 0.717) is 0 Å². The zero-order valence-corrected chi connectivity index (χ0v) is 11.0. The standard InChI is InChI=1S/C12H22N2S/c1-8(2)5-6-11(13)7-12-14-9(3)10(4)15-12/h8,11H,5-7,13H2,1-4H3. The summed E-state index contributed by atoms with van der Waals surface area (Å²) in [5.74, 6) is 0.746. The van der Waals surface area contributed by atoms with Gasteiger partial charge in [-0.1, -0.05) is 13.8 Å². The van der Waals surface area contributed by atoms with Crippen LogP contribution in [0.5, 0.6) is 0 Å². The maximum absolute atomic E-state index is 6.08. The molecule has 2 N–H and O–H groups in total. The minimum atomic E-state index is 0.275. The van der Waals surface area contributed by atoms with Crippen LogP contribution in [0.4, 0.5) is 0 Å². The Hall–Kier alpha value is -0.410. The SMILES string of the molecule is Cc1nc(CC(N)CCC(C)C)sc1C. The van der Waals surface area contributed by atoms with Gasteiger partial charge in [-0.3, -0.25) is 0 Å². The Balaban J connectivity index is 2.40. The van der Waals surface area contributed by atoms with Crippen molar-refractivity contribution < 1.29 is 0 Å². The molecule has 1 unspecified atom stereocenters. The zero-order chi connectivity index (χ0) is 11.4. The van der Waals surface area contributed by atoms with Gasteiger partial charge in [-0.2, -0.15) is 0 Å². The van der Waals surface area contributed by atoms with Gasteiger partial charge < -0.3 is 5.73 Å². The van der Waals surface area contributed by atoms with Gasteiger partial charge in [0.25, 0.3) is 0 Å². The number of hydrogen-bond donors (Lipinski definition) is 1. The Morgan fingerprint density at radius 2 is 1.93 bits per heavy atom. The fourth-order valence-electron chi connectivity index (χ4n) is 1.50. The molecule has 0 spiro atoms. The molecule has 86 valence electrons. The van der Waals surface area contributed by atoms with Crippen LogP contribution in [0.15, 0.2) is 0 Å². The number of aryl methyl sites for hydroxylation is 2. The van der Waals surface area contributed by atoms with Crippen molar-refractivity contribution in [3.8, 4) is 0 Å². The molecule has 0 saturated heterocycles. The van der Waals surface area contributed by atoms with E-state index in [4.69, 9.17) is 5.73 Å². The molecule has 0 amide bonds. The first-order chi connectivity index (χ1) is 6.99. The highest BCUT2D eigenvalue weighted by Crippen LogP contribution is 2.18. The summed E-state index contributed by atoms with van der Waals surface area (Å²) in [7, 11) is 0. The second-order valence-corrected chi connectivity index (χ2v) is 5.97. The highest BCUT2D eigenvalue weighted by molar-refractivity contribution is 7.11. The van der Waals surface area contributed by atoms with E-state index < -0.39 is 0 Å². The fourth-order valence-corrected chi connectivity index (χ4v) is 2.53. The Morgan fingerprint density at radius 3 is 2.40 bits per heavy atom. The van der Waals surface area contributed by atoms with Crippen molar-refractivity contribution in [1.29, 1.82) is 0 Å².